The van der Waals surface area contributed by atoms with E-state index >= 15 is 0 Å². The van der Waals surface area contributed by atoms with E-state index in [1.165, 1.54) is 23.1 Å². The van der Waals surface area contributed by atoms with E-state index in [1.807, 2.05) is 36.4 Å². The molecule has 9 nitrogen and oxygen atoms in total. The summed E-state index contributed by atoms with van der Waals surface area (Å²) in [4.78, 5) is 43.8. The lowest BCUT2D eigenvalue weighted by atomic mass is 9.98. The van der Waals surface area contributed by atoms with Crippen LogP contribution in [0.15, 0.2) is 91.0 Å². The van der Waals surface area contributed by atoms with Gasteiger partial charge in [-0.1, -0.05) is 99.7 Å². The van der Waals surface area contributed by atoms with Crippen molar-refractivity contribution in [1.82, 2.24) is 10.2 Å². The van der Waals surface area contributed by atoms with Gasteiger partial charge in [-0.3, -0.25) is 9.59 Å². The predicted molar refractivity (Wildman–Crippen MR) is 193 cm³/mol. The molecule has 0 heterocycles. The second-order valence-corrected chi connectivity index (χ2v) is 13.4. The molecule has 0 bridgehead atoms. The van der Waals surface area contributed by atoms with Crippen molar-refractivity contribution in [2.45, 2.75) is 90.3 Å². The van der Waals surface area contributed by atoms with Gasteiger partial charge >= 0.3 is 6.09 Å². The Labute approximate surface area is 289 Å². The Morgan fingerprint density at radius 1 is 0.796 bits per heavy atom. The highest BCUT2D eigenvalue weighted by Gasteiger charge is 2.37. The SMILES string of the molecule is CCCCCCCCN(C(=O)C(Cc1ccc(O)cc1)NC(=O)OC(C)(C)C)C(C(=O)Nc1ccc2ccccc2c1)c1ccccc1O. The second kappa shape index (κ2) is 17.4. The number of carbonyl (C=O) groups excluding carboxylic acids is 3. The number of phenolic OH excluding ortho intramolecular Hbond substituents is 2. The minimum absolute atomic E-state index is 0.0707. The molecule has 9 heteroatoms. The van der Waals surface area contributed by atoms with Gasteiger partial charge in [0, 0.05) is 24.2 Å². The number of nitrogens with one attached hydrogen (secondary N) is 2. The zero-order chi connectivity index (χ0) is 35.4. The zero-order valence-electron chi connectivity index (χ0n) is 28.9. The number of alkyl carbamates (subject to hydrolysis) is 1. The predicted octanol–water partition coefficient (Wildman–Crippen LogP) is 8.26. The molecule has 0 saturated carbocycles. The van der Waals surface area contributed by atoms with Crippen LogP contribution in [0.1, 0.15) is 83.4 Å². The molecular formula is C40H49N3O6. The van der Waals surface area contributed by atoms with E-state index in [9.17, 15) is 24.6 Å². The van der Waals surface area contributed by atoms with Gasteiger partial charge in [0.15, 0.2) is 0 Å². The van der Waals surface area contributed by atoms with Gasteiger partial charge in [0.05, 0.1) is 0 Å². The number of phenols is 2. The molecule has 4 N–H and O–H groups in total. The Bertz CT molecular complexity index is 1700. The van der Waals surface area contributed by atoms with E-state index in [0.717, 1.165) is 42.9 Å². The van der Waals surface area contributed by atoms with Gasteiger partial charge in [-0.05, 0) is 73.9 Å². The smallest absolute Gasteiger partial charge is 0.408 e. The van der Waals surface area contributed by atoms with Crippen LogP contribution < -0.4 is 10.6 Å². The summed E-state index contributed by atoms with van der Waals surface area (Å²) in [6, 6.07) is 23.9. The Kier molecular flexibility index (Phi) is 13.0. The lowest BCUT2D eigenvalue weighted by molar-refractivity contribution is -0.141. The first-order chi connectivity index (χ1) is 23.4. The average Bonchev–Trinajstić information content (AvgIpc) is 3.06. The molecular weight excluding hydrogens is 618 g/mol. The zero-order valence-corrected chi connectivity index (χ0v) is 28.9. The summed E-state index contributed by atoms with van der Waals surface area (Å²) in [5.41, 5.74) is 0.683. The second-order valence-electron chi connectivity index (χ2n) is 13.4. The standard InChI is InChI=1S/C40H49N3O6/c1-5-6-7-8-9-14-25-43(38(47)34(42-39(48)49-40(2,3)4)26-28-19-23-32(44)24-20-28)36(33-17-12-13-18-35(33)45)37(46)41-31-22-21-29-15-10-11-16-30(29)27-31/h10-13,15-24,27,34,36,44-45H,5-9,14,25-26H2,1-4H3,(H,41,46)(H,42,48). The molecule has 0 aliphatic carbocycles. The maximum atomic E-state index is 14.8. The lowest BCUT2D eigenvalue weighted by Crippen LogP contribution is -2.53. The molecule has 49 heavy (non-hydrogen) atoms. The van der Waals surface area contributed by atoms with Gasteiger partial charge in [0.25, 0.3) is 5.91 Å². The van der Waals surface area contributed by atoms with Crippen molar-refractivity contribution in [1.29, 1.82) is 0 Å². The number of aromatic hydroxyl groups is 2. The van der Waals surface area contributed by atoms with Crippen molar-refractivity contribution < 1.29 is 29.3 Å². The number of amides is 3. The molecule has 4 rings (SSSR count). The topological polar surface area (TPSA) is 128 Å². The van der Waals surface area contributed by atoms with Crippen LogP contribution in [0.25, 0.3) is 10.8 Å². The van der Waals surface area contributed by atoms with Gasteiger partial charge in [-0.2, -0.15) is 0 Å². The molecule has 0 saturated heterocycles. The summed E-state index contributed by atoms with van der Waals surface area (Å²) in [7, 11) is 0. The Hall–Kier alpha value is -5.05. The van der Waals surface area contributed by atoms with Gasteiger partial charge in [0.1, 0.15) is 29.2 Å². The molecule has 0 fully saturated rings. The number of hydrogen-bond acceptors (Lipinski definition) is 6. The monoisotopic (exact) mass is 667 g/mol. The highest BCUT2D eigenvalue weighted by atomic mass is 16.6. The van der Waals surface area contributed by atoms with Crippen LogP contribution in [0.4, 0.5) is 10.5 Å². The number of carbonyl (C=O) groups is 3. The Morgan fingerprint density at radius 3 is 2.14 bits per heavy atom. The van der Waals surface area contributed by atoms with Crippen molar-refractivity contribution in [3.63, 3.8) is 0 Å². The van der Waals surface area contributed by atoms with E-state index in [-0.39, 0.29) is 30.0 Å². The fourth-order valence-electron chi connectivity index (χ4n) is 5.79. The number of anilines is 1. The third-order valence-electron chi connectivity index (χ3n) is 8.21. The lowest BCUT2D eigenvalue weighted by Gasteiger charge is -2.35. The summed E-state index contributed by atoms with van der Waals surface area (Å²) in [6.07, 6.45) is 5.02. The van der Waals surface area contributed by atoms with Crippen molar-refractivity contribution in [3.05, 3.63) is 102 Å². The largest absolute Gasteiger partial charge is 0.508 e. The van der Waals surface area contributed by atoms with E-state index < -0.39 is 35.6 Å². The number of para-hydroxylation sites is 1. The van der Waals surface area contributed by atoms with Crippen molar-refractivity contribution >= 4 is 34.4 Å². The third kappa shape index (κ3) is 11.0. The summed E-state index contributed by atoms with van der Waals surface area (Å²) in [6.45, 7) is 7.56. The number of rotatable bonds is 15. The summed E-state index contributed by atoms with van der Waals surface area (Å²) < 4.78 is 5.54. The van der Waals surface area contributed by atoms with Crippen molar-refractivity contribution in [3.8, 4) is 11.5 Å². The van der Waals surface area contributed by atoms with Crippen molar-refractivity contribution in [2.75, 3.05) is 11.9 Å². The maximum absolute atomic E-state index is 14.8. The van der Waals surface area contributed by atoms with Crippen LogP contribution in [0, 0.1) is 0 Å². The highest BCUT2D eigenvalue weighted by molar-refractivity contribution is 6.00. The van der Waals surface area contributed by atoms with Gasteiger partial charge < -0.3 is 30.5 Å². The van der Waals surface area contributed by atoms with E-state index in [4.69, 9.17) is 4.74 Å². The average molecular weight is 668 g/mol. The summed E-state index contributed by atoms with van der Waals surface area (Å²) in [5, 5.41) is 28.7. The summed E-state index contributed by atoms with van der Waals surface area (Å²) in [5.74, 6) is -1.07. The first-order valence-corrected chi connectivity index (χ1v) is 17.1. The van der Waals surface area contributed by atoms with Crippen LogP contribution in [0.3, 0.4) is 0 Å². The van der Waals surface area contributed by atoms with Gasteiger partial charge in [0.2, 0.25) is 5.91 Å². The number of fused-ring (bicyclic) bond motifs is 1. The fraction of sp³-hybridized carbons (Fsp3) is 0.375. The first-order valence-electron chi connectivity index (χ1n) is 17.1. The Morgan fingerprint density at radius 2 is 1.45 bits per heavy atom. The third-order valence-corrected chi connectivity index (χ3v) is 8.21. The molecule has 3 amide bonds. The molecule has 0 aromatic heterocycles. The molecule has 0 aliphatic heterocycles. The first kappa shape index (κ1) is 36.8. The molecule has 2 unspecified atom stereocenters. The van der Waals surface area contributed by atoms with E-state index in [0.29, 0.717) is 17.7 Å². The number of ether oxygens (including phenoxy) is 1. The van der Waals surface area contributed by atoms with Gasteiger partial charge in [-0.25, -0.2) is 4.79 Å². The molecule has 4 aromatic carbocycles. The highest BCUT2D eigenvalue weighted by Crippen LogP contribution is 2.32. The molecule has 0 spiro atoms. The number of nitrogens with zero attached hydrogens (tertiary/aromatic N) is 1. The van der Waals surface area contributed by atoms with Crippen LogP contribution in [0.2, 0.25) is 0 Å². The number of hydrogen-bond donors (Lipinski definition) is 4. The molecule has 2 atom stereocenters. The summed E-state index contributed by atoms with van der Waals surface area (Å²) >= 11 is 0. The van der Waals surface area contributed by atoms with E-state index in [2.05, 4.69) is 17.6 Å². The molecule has 0 aliphatic rings. The molecule has 0 radical (unpaired) electrons. The number of benzene rings is 4. The quantitative estimate of drug-likeness (QED) is 0.0946. The fourth-order valence-corrected chi connectivity index (χ4v) is 5.79. The minimum Gasteiger partial charge on any atom is -0.508 e. The van der Waals surface area contributed by atoms with E-state index in [1.54, 1.807) is 57.2 Å². The van der Waals surface area contributed by atoms with Crippen LogP contribution in [0.5, 0.6) is 11.5 Å². The minimum atomic E-state index is -1.22. The normalized spacial score (nSPS) is 12.6. The maximum Gasteiger partial charge on any atom is 0.408 e. The van der Waals surface area contributed by atoms with Crippen LogP contribution >= 0.6 is 0 Å². The number of unbranched alkanes of at least 4 members (excludes halogenated alkanes) is 5. The van der Waals surface area contributed by atoms with Crippen LogP contribution in [-0.2, 0) is 20.7 Å². The van der Waals surface area contributed by atoms with Crippen molar-refractivity contribution in [2.24, 2.45) is 0 Å². The van der Waals surface area contributed by atoms with Crippen LogP contribution in [-0.4, -0.2) is 51.2 Å². The Balaban J connectivity index is 1.74. The molecule has 4 aromatic rings. The van der Waals surface area contributed by atoms with Gasteiger partial charge in [-0.15, -0.1) is 0 Å². The molecule has 260 valence electrons.